The standard InChI is InChI=1S/2C3H2P.2ClH.2Sb.Zr.2H/c2*1-3-4-2;;;;;;;/h2*1,3H;2*1H;;;;;/q;;;;;;+2;;/p-2. The number of rotatable bonds is 2. The first-order chi connectivity index (χ1) is 5.45. The fraction of sp³-hybridized carbons (Fsp3) is 0. The second-order valence-corrected chi connectivity index (χ2v) is 25.0. The fourth-order valence-corrected chi connectivity index (χ4v) is 32.4. The van der Waals surface area contributed by atoms with Crippen LogP contribution in [-0.2, 0) is 23.2 Å². The first kappa shape index (κ1) is 15.9. The van der Waals surface area contributed by atoms with E-state index in [1.807, 2.05) is 0 Å². The van der Waals surface area contributed by atoms with Crippen molar-refractivity contribution in [2.75, 3.05) is 0 Å². The van der Waals surface area contributed by atoms with Gasteiger partial charge in [0.15, 0.2) is 0 Å². The number of halogens is 2. The van der Waals surface area contributed by atoms with Crippen LogP contribution in [0.15, 0.2) is 19.7 Å². The van der Waals surface area contributed by atoms with Crippen LogP contribution in [0.4, 0.5) is 0 Å². The average Bonchev–Trinajstić information content (AvgIpc) is 2.60. The van der Waals surface area contributed by atoms with Crippen LogP contribution in [0.3, 0.4) is 0 Å². The van der Waals surface area contributed by atoms with Crippen LogP contribution in [0.25, 0.3) is 0 Å². The van der Waals surface area contributed by atoms with Gasteiger partial charge in [-0.3, -0.25) is 0 Å². The Morgan fingerprint density at radius 1 is 0.923 bits per heavy atom. The first-order valence-electron chi connectivity index (χ1n) is 3.21. The molecule has 0 atom stereocenters. The third-order valence-electron chi connectivity index (χ3n) is 1.23. The molecule has 0 amide bonds. The summed E-state index contributed by atoms with van der Waals surface area (Å²) in [6, 6.07) is 0. The summed E-state index contributed by atoms with van der Waals surface area (Å²) in [4.78, 5) is 0. The van der Waals surface area contributed by atoms with Crippen molar-refractivity contribution in [3.8, 4) is 0 Å². The Balaban J connectivity index is 0.000000720. The van der Waals surface area contributed by atoms with Gasteiger partial charge in [0.1, 0.15) is 0 Å². The maximum atomic E-state index is 2.51. The quantitative estimate of drug-likeness (QED) is 0.241. The molecular formula is C6H6Cl2P2Sb2Zr. The summed E-state index contributed by atoms with van der Waals surface area (Å²) >= 11 is -0.186. The molecule has 0 nitrogen and oxygen atoms in total. The van der Waals surface area contributed by atoms with E-state index in [-0.39, 0.29) is 91.3 Å². The maximum absolute atomic E-state index is 2.51. The van der Waals surface area contributed by atoms with Crippen LogP contribution in [0.5, 0.6) is 0 Å². The zero-order valence-corrected chi connectivity index (χ0v) is 17.9. The second kappa shape index (κ2) is 9.00. The largest absolute Gasteiger partial charge is 1.00 e. The van der Waals surface area contributed by atoms with Gasteiger partial charge in [-0.05, 0) is 0 Å². The molecule has 0 aromatic rings. The van der Waals surface area contributed by atoms with Crippen molar-refractivity contribution >= 4 is 61.5 Å². The molecule has 0 saturated carbocycles. The average molecular weight is 546 g/mol. The Hall–Kier alpha value is 2.92. The molecule has 68 valence electrons. The minimum atomic E-state index is -0.0741. The van der Waals surface area contributed by atoms with Crippen molar-refractivity contribution in [2.24, 2.45) is 0 Å². The predicted molar refractivity (Wildman–Crippen MR) is 56.4 cm³/mol. The van der Waals surface area contributed by atoms with Gasteiger partial charge < -0.3 is 24.8 Å². The summed E-state index contributed by atoms with van der Waals surface area (Å²) in [5.74, 6) is 4.79. The SMILES string of the molecule is C1=[CH][SbH][C]([Zr+2][C]2=PC=[CH][SbH]2)=P1.[Cl-].[Cl-]. The van der Waals surface area contributed by atoms with E-state index in [4.69, 9.17) is 0 Å². The minimum absolute atomic E-state index is 0. The minimum Gasteiger partial charge on any atom is -1.00 e. The van der Waals surface area contributed by atoms with E-state index < -0.39 is 0 Å². The van der Waals surface area contributed by atoms with Gasteiger partial charge in [0.25, 0.3) is 0 Å². The van der Waals surface area contributed by atoms with E-state index in [2.05, 4.69) is 21.6 Å². The third-order valence-corrected chi connectivity index (χ3v) is 24.7. The smallest absolute Gasteiger partial charge is 1.00 e. The molecule has 0 N–H and O–H groups in total. The molecule has 0 spiro atoms. The fourth-order valence-electron chi connectivity index (χ4n) is 0.779. The van der Waals surface area contributed by atoms with Crippen molar-refractivity contribution in [3.63, 3.8) is 0 Å². The van der Waals surface area contributed by atoms with E-state index in [9.17, 15) is 0 Å². The molecule has 0 radical (unpaired) electrons. The van der Waals surface area contributed by atoms with Crippen LogP contribution < -0.4 is 24.8 Å². The Morgan fingerprint density at radius 3 is 1.69 bits per heavy atom. The molecule has 0 aromatic carbocycles. The molecule has 0 fully saturated rings. The van der Waals surface area contributed by atoms with Gasteiger partial charge in [-0.2, -0.15) is 0 Å². The van der Waals surface area contributed by atoms with Gasteiger partial charge in [0.2, 0.25) is 0 Å². The first-order valence-corrected chi connectivity index (χ1v) is 13.7. The molecule has 13 heavy (non-hydrogen) atoms. The van der Waals surface area contributed by atoms with Crippen LogP contribution in [0, 0.1) is 0 Å². The van der Waals surface area contributed by atoms with E-state index in [1.54, 1.807) is 16.4 Å². The van der Waals surface area contributed by atoms with Gasteiger partial charge in [-0.25, -0.2) is 0 Å². The topological polar surface area (TPSA) is 0 Å². The molecule has 0 aliphatic carbocycles. The maximum Gasteiger partial charge on any atom is -1.00 e. The van der Waals surface area contributed by atoms with Gasteiger partial charge in [0.05, 0.1) is 0 Å². The summed E-state index contributed by atoms with van der Waals surface area (Å²) < 4.78 is 9.13. The Kier molecular flexibility index (Phi) is 11.0. The number of hydrogen-bond acceptors (Lipinski definition) is 0. The van der Waals surface area contributed by atoms with E-state index in [0.717, 1.165) is 0 Å². The zero-order chi connectivity index (χ0) is 7.52. The predicted octanol–water partition coefficient (Wildman–Crippen LogP) is -5.01. The molecular weight excluding hydrogens is 540 g/mol. The van der Waals surface area contributed by atoms with Crippen LogP contribution in [-0.4, -0.2) is 45.1 Å². The van der Waals surface area contributed by atoms with Gasteiger partial charge in [-0.1, -0.05) is 0 Å². The molecule has 0 bridgehead atoms. The normalized spacial score (nSPS) is 19.4. The van der Waals surface area contributed by atoms with Crippen LogP contribution >= 0.6 is 16.4 Å². The molecule has 2 aliphatic heterocycles. The van der Waals surface area contributed by atoms with Crippen molar-refractivity contribution in [1.29, 1.82) is 0 Å². The summed E-state index contributed by atoms with van der Waals surface area (Å²) in [5, 5.41) is 0. The van der Waals surface area contributed by atoms with Crippen molar-refractivity contribution < 1.29 is 48.0 Å². The second-order valence-electron chi connectivity index (χ2n) is 2.00. The Bertz CT molecular complexity index is 260. The molecule has 0 unspecified atom stereocenters. The molecule has 0 saturated heterocycles. The Morgan fingerprint density at radius 2 is 1.38 bits per heavy atom. The van der Waals surface area contributed by atoms with Gasteiger partial charge in [-0.15, -0.1) is 0 Å². The van der Waals surface area contributed by atoms with E-state index in [0.29, 0.717) is 0 Å². The molecule has 2 rings (SSSR count). The molecule has 0 aromatic heterocycles. The van der Waals surface area contributed by atoms with Gasteiger partial charge in [0, 0.05) is 0 Å². The van der Waals surface area contributed by atoms with Gasteiger partial charge >= 0.3 is 104 Å². The number of hydrogen-bond donors (Lipinski definition) is 0. The van der Waals surface area contributed by atoms with E-state index >= 15 is 0 Å². The third kappa shape index (κ3) is 5.69. The molecule has 2 aliphatic rings. The van der Waals surface area contributed by atoms with Crippen LogP contribution in [0.2, 0.25) is 0 Å². The Labute approximate surface area is 127 Å². The molecule has 7 heteroatoms. The summed E-state index contributed by atoms with van der Waals surface area (Å²) in [6.45, 7) is 0. The summed E-state index contributed by atoms with van der Waals surface area (Å²) in [7, 11) is 3.28. The van der Waals surface area contributed by atoms with Crippen molar-refractivity contribution in [3.05, 3.63) is 19.7 Å². The van der Waals surface area contributed by atoms with Crippen molar-refractivity contribution in [2.45, 2.75) is 0 Å². The monoisotopic (exact) mass is 542 g/mol. The summed E-state index contributed by atoms with van der Waals surface area (Å²) in [5.41, 5.74) is 0. The zero-order valence-electron chi connectivity index (χ0n) is 6.46. The van der Waals surface area contributed by atoms with E-state index in [1.165, 1.54) is 0 Å². The summed E-state index contributed by atoms with van der Waals surface area (Å²) in [6.07, 6.45) is 0. The van der Waals surface area contributed by atoms with Crippen molar-refractivity contribution in [1.82, 2.24) is 0 Å². The molecule has 2 heterocycles. The van der Waals surface area contributed by atoms with Crippen LogP contribution in [0.1, 0.15) is 0 Å².